The van der Waals surface area contributed by atoms with Crippen molar-refractivity contribution in [3.8, 4) is 0 Å². The molecule has 0 heterocycles. The number of hydrogen-bond donors (Lipinski definition) is 0. The fourth-order valence-corrected chi connectivity index (χ4v) is 0.559. The van der Waals surface area contributed by atoms with Crippen LogP contribution in [0.3, 0.4) is 0 Å². The van der Waals surface area contributed by atoms with Gasteiger partial charge in [-0.25, -0.2) is 0 Å². The van der Waals surface area contributed by atoms with Crippen LogP contribution in [0.25, 0.3) is 0 Å². The summed E-state index contributed by atoms with van der Waals surface area (Å²) in [5.41, 5.74) is 1.14. The lowest BCUT2D eigenvalue weighted by molar-refractivity contribution is 1.37. The molecule has 0 nitrogen and oxygen atoms in total. The molecule has 0 aromatic rings. The molecule has 7 heavy (non-hydrogen) atoms. The van der Waals surface area contributed by atoms with Gasteiger partial charge in [-0.05, 0) is 6.92 Å². The Hall–Kier alpha value is 0.320. The van der Waals surface area contributed by atoms with Gasteiger partial charge in [-0.15, -0.1) is 23.2 Å². The largest absolute Gasteiger partial charge is 0.122 e. The highest BCUT2D eigenvalue weighted by molar-refractivity contribution is 6.20. The predicted molar refractivity (Wildman–Crippen MR) is 35.2 cm³/mol. The van der Waals surface area contributed by atoms with Gasteiger partial charge in [0.05, 0.1) is 0 Å². The van der Waals surface area contributed by atoms with Crippen LogP contribution in [0.4, 0.5) is 0 Å². The number of halogens is 2. The molecule has 0 fully saturated rings. The van der Waals surface area contributed by atoms with Gasteiger partial charge < -0.3 is 0 Å². The van der Waals surface area contributed by atoms with E-state index >= 15 is 0 Å². The Labute approximate surface area is 54.1 Å². The summed E-state index contributed by atoms with van der Waals surface area (Å²) in [6, 6.07) is 0. The third-order valence-corrected chi connectivity index (χ3v) is 1.21. The first-order chi connectivity index (χ1) is 3.31. The van der Waals surface area contributed by atoms with Crippen LogP contribution >= 0.6 is 23.2 Å². The molecule has 0 N–H and O–H groups in total. The maximum absolute atomic E-state index is 5.40. The molecule has 0 amide bonds. The minimum Gasteiger partial charge on any atom is -0.122 e. The van der Waals surface area contributed by atoms with Gasteiger partial charge in [0.2, 0.25) is 0 Å². The zero-order chi connectivity index (χ0) is 5.70. The molecule has 0 unspecified atom stereocenters. The number of rotatable bonds is 2. The highest BCUT2D eigenvalue weighted by atomic mass is 35.5. The monoisotopic (exact) mass is 138 g/mol. The van der Waals surface area contributed by atoms with Crippen molar-refractivity contribution in [1.82, 2.24) is 0 Å². The van der Waals surface area contributed by atoms with Gasteiger partial charge >= 0.3 is 0 Å². The van der Waals surface area contributed by atoms with Gasteiger partial charge in [-0.2, -0.15) is 0 Å². The fraction of sp³-hybridized carbons (Fsp3) is 0.600. The molecule has 0 atom stereocenters. The summed E-state index contributed by atoms with van der Waals surface area (Å²) in [5, 5.41) is 0. The third kappa shape index (κ3) is 4.17. The van der Waals surface area contributed by atoms with Crippen molar-refractivity contribution in [3.05, 3.63) is 11.6 Å². The van der Waals surface area contributed by atoms with Gasteiger partial charge in [0.25, 0.3) is 0 Å². The molecule has 0 rings (SSSR count). The van der Waals surface area contributed by atoms with Gasteiger partial charge in [0.1, 0.15) is 0 Å². The van der Waals surface area contributed by atoms with Crippen LogP contribution in [0, 0.1) is 0 Å². The summed E-state index contributed by atoms with van der Waals surface area (Å²) in [7, 11) is 0. The standard InChI is InChI=1S/C5H8Cl2/c1-5(4-7)2-3-6/h2H,3-4H2,1H3/b5-2-. The van der Waals surface area contributed by atoms with Gasteiger partial charge in [0, 0.05) is 11.8 Å². The smallest absolute Gasteiger partial charge is 0.0431 e. The van der Waals surface area contributed by atoms with Crippen LogP contribution in [-0.2, 0) is 0 Å². The summed E-state index contributed by atoms with van der Waals surface area (Å²) in [6.45, 7) is 1.95. The molecule has 0 aromatic carbocycles. The summed E-state index contributed by atoms with van der Waals surface area (Å²) in [4.78, 5) is 0. The normalized spacial score (nSPS) is 12.1. The molecular formula is C5H8Cl2. The maximum atomic E-state index is 5.40. The second-order valence-corrected chi connectivity index (χ2v) is 1.91. The number of alkyl halides is 2. The molecule has 0 aliphatic carbocycles. The van der Waals surface area contributed by atoms with Crippen LogP contribution in [0.5, 0.6) is 0 Å². The SMILES string of the molecule is C/C(=C/CCl)CCl. The van der Waals surface area contributed by atoms with Crippen LogP contribution in [0.15, 0.2) is 11.6 Å². The molecule has 0 saturated heterocycles. The van der Waals surface area contributed by atoms with Crippen molar-refractivity contribution in [2.45, 2.75) is 6.92 Å². The second kappa shape index (κ2) is 4.48. The first kappa shape index (κ1) is 7.32. The highest BCUT2D eigenvalue weighted by Crippen LogP contribution is 1.94. The Morgan fingerprint density at radius 2 is 2.14 bits per heavy atom. The maximum Gasteiger partial charge on any atom is 0.0431 e. The topological polar surface area (TPSA) is 0 Å². The van der Waals surface area contributed by atoms with E-state index in [0.717, 1.165) is 5.57 Å². The highest BCUT2D eigenvalue weighted by Gasteiger charge is 1.79. The summed E-state index contributed by atoms with van der Waals surface area (Å²) < 4.78 is 0. The Morgan fingerprint density at radius 3 is 2.29 bits per heavy atom. The van der Waals surface area contributed by atoms with Gasteiger partial charge in [-0.1, -0.05) is 11.6 Å². The van der Waals surface area contributed by atoms with Gasteiger partial charge in [0.15, 0.2) is 0 Å². The lowest BCUT2D eigenvalue weighted by Crippen LogP contribution is -1.75. The molecule has 0 aliphatic rings. The van der Waals surface area contributed by atoms with Crippen LogP contribution < -0.4 is 0 Å². The zero-order valence-corrected chi connectivity index (χ0v) is 5.76. The predicted octanol–water partition coefficient (Wildman–Crippen LogP) is 2.41. The molecule has 0 radical (unpaired) electrons. The number of allylic oxidation sites excluding steroid dienone is 2. The average Bonchev–Trinajstić information content (AvgIpc) is 1.68. The summed E-state index contributed by atoms with van der Waals surface area (Å²) in [5.74, 6) is 1.16. The van der Waals surface area contributed by atoms with E-state index in [2.05, 4.69) is 0 Å². The molecule has 0 spiro atoms. The first-order valence-electron chi connectivity index (χ1n) is 2.08. The van der Waals surface area contributed by atoms with E-state index < -0.39 is 0 Å². The number of hydrogen-bond acceptors (Lipinski definition) is 0. The van der Waals surface area contributed by atoms with Crippen LogP contribution in [0.1, 0.15) is 6.92 Å². The van der Waals surface area contributed by atoms with Crippen molar-refractivity contribution in [2.75, 3.05) is 11.8 Å². The Morgan fingerprint density at radius 1 is 1.57 bits per heavy atom. The lowest BCUT2D eigenvalue weighted by atomic mass is 10.3. The molecule has 42 valence electrons. The third-order valence-electron chi connectivity index (χ3n) is 0.636. The van der Waals surface area contributed by atoms with E-state index in [9.17, 15) is 0 Å². The van der Waals surface area contributed by atoms with Crippen molar-refractivity contribution < 1.29 is 0 Å². The van der Waals surface area contributed by atoms with Crippen molar-refractivity contribution in [2.24, 2.45) is 0 Å². The van der Waals surface area contributed by atoms with Crippen molar-refractivity contribution in [1.29, 1.82) is 0 Å². The minimum atomic E-state index is 0.568. The molecule has 2 heteroatoms. The molecule has 0 aliphatic heterocycles. The van der Waals surface area contributed by atoms with E-state index in [1.807, 2.05) is 13.0 Å². The average molecular weight is 139 g/mol. The summed E-state index contributed by atoms with van der Waals surface area (Å²) in [6.07, 6.45) is 1.90. The Bertz CT molecular complexity index is 66.5. The fourth-order valence-electron chi connectivity index (χ4n) is 0.186. The molecule has 0 bridgehead atoms. The van der Waals surface area contributed by atoms with E-state index in [-0.39, 0.29) is 0 Å². The van der Waals surface area contributed by atoms with E-state index in [4.69, 9.17) is 23.2 Å². The van der Waals surface area contributed by atoms with Crippen molar-refractivity contribution in [3.63, 3.8) is 0 Å². The van der Waals surface area contributed by atoms with Gasteiger partial charge in [-0.3, -0.25) is 0 Å². The Balaban J connectivity index is 3.29. The van der Waals surface area contributed by atoms with Crippen molar-refractivity contribution >= 4 is 23.2 Å². The van der Waals surface area contributed by atoms with E-state index in [0.29, 0.717) is 11.8 Å². The molecule has 0 aromatic heterocycles. The Kier molecular flexibility index (Phi) is 4.68. The quantitative estimate of drug-likeness (QED) is 0.407. The molecule has 0 saturated carbocycles. The first-order valence-corrected chi connectivity index (χ1v) is 3.15. The zero-order valence-electron chi connectivity index (χ0n) is 4.25. The summed E-state index contributed by atoms with van der Waals surface area (Å²) >= 11 is 10.7. The minimum absolute atomic E-state index is 0.568. The van der Waals surface area contributed by atoms with E-state index in [1.165, 1.54) is 0 Å². The second-order valence-electron chi connectivity index (χ2n) is 1.34. The van der Waals surface area contributed by atoms with Crippen LogP contribution in [-0.4, -0.2) is 11.8 Å². The van der Waals surface area contributed by atoms with E-state index in [1.54, 1.807) is 0 Å². The lowest BCUT2D eigenvalue weighted by Gasteiger charge is -1.85. The molecular weight excluding hydrogens is 131 g/mol. The van der Waals surface area contributed by atoms with Crippen LogP contribution in [0.2, 0.25) is 0 Å².